The molecule has 1 saturated heterocycles. The molecule has 1 aliphatic heterocycles. The predicted molar refractivity (Wildman–Crippen MR) is 76.8 cm³/mol. The largest absolute Gasteiger partial charge is 0.434 e. The van der Waals surface area contributed by atoms with E-state index in [2.05, 4.69) is 4.98 Å². The molecule has 0 unspecified atom stereocenters. The minimum absolute atomic E-state index is 0.0239. The molecular formula is C16H19F3N2O2. The second-order valence-electron chi connectivity index (χ2n) is 6.36. The van der Waals surface area contributed by atoms with Crippen LogP contribution in [0.25, 0.3) is 0 Å². The van der Waals surface area contributed by atoms with Crippen molar-refractivity contribution in [1.29, 1.82) is 0 Å². The van der Waals surface area contributed by atoms with E-state index in [9.17, 15) is 18.0 Å². The molecule has 0 aromatic carbocycles. The Morgan fingerprint density at radius 2 is 2.22 bits per heavy atom. The second kappa shape index (κ2) is 5.78. The van der Waals surface area contributed by atoms with Crippen LogP contribution in [-0.4, -0.2) is 41.6 Å². The molecule has 1 aliphatic carbocycles. The summed E-state index contributed by atoms with van der Waals surface area (Å²) in [6.45, 7) is 3.59. The molecule has 1 aromatic heterocycles. The summed E-state index contributed by atoms with van der Waals surface area (Å²) < 4.78 is 44.6. The predicted octanol–water partition coefficient (Wildman–Crippen LogP) is 3.13. The Kier molecular flexibility index (Phi) is 4.08. The van der Waals surface area contributed by atoms with Crippen molar-refractivity contribution < 1.29 is 22.7 Å². The van der Waals surface area contributed by atoms with Gasteiger partial charge in [0.25, 0.3) is 5.91 Å². The van der Waals surface area contributed by atoms with Crippen molar-refractivity contribution in [2.75, 3.05) is 19.7 Å². The van der Waals surface area contributed by atoms with E-state index in [4.69, 9.17) is 4.74 Å². The summed E-state index contributed by atoms with van der Waals surface area (Å²) >= 11 is 0. The number of carbonyl (C=O) groups is 1. The summed E-state index contributed by atoms with van der Waals surface area (Å²) in [5.74, 6) is -0.581. The van der Waals surface area contributed by atoms with Crippen LogP contribution in [0.4, 0.5) is 13.2 Å². The highest BCUT2D eigenvalue weighted by molar-refractivity contribution is 5.95. The van der Waals surface area contributed by atoms with Gasteiger partial charge in [0.15, 0.2) is 5.69 Å². The smallest absolute Gasteiger partial charge is 0.378 e. The van der Waals surface area contributed by atoms with Crippen molar-refractivity contribution in [2.24, 2.45) is 5.41 Å². The van der Waals surface area contributed by atoms with E-state index in [0.29, 0.717) is 19.7 Å². The first-order valence-electron chi connectivity index (χ1n) is 7.78. The maximum atomic E-state index is 13.0. The van der Waals surface area contributed by atoms with Crippen LogP contribution >= 0.6 is 0 Å². The van der Waals surface area contributed by atoms with Crippen molar-refractivity contribution in [3.8, 4) is 0 Å². The number of nitrogens with zero attached hydrogens (tertiary/aromatic N) is 2. The van der Waals surface area contributed by atoms with Crippen LogP contribution in [0.5, 0.6) is 0 Å². The number of ether oxygens (including phenoxy) is 1. The summed E-state index contributed by atoms with van der Waals surface area (Å²) in [4.78, 5) is 17.4. The molecule has 1 amide bonds. The van der Waals surface area contributed by atoms with Crippen molar-refractivity contribution in [2.45, 2.75) is 38.5 Å². The molecule has 1 aromatic rings. The zero-order chi connectivity index (χ0) is 16.7. The minimum Gasteiger partial charge on any atom is -0.378 e. The molecule has 3 rings (SSSR count). The Bertz CT molecular complexity index is 597. The fourth-order valence-corrected chi connectivity index (χ4v) is 3.68. The van der Waals surface area contributed by atoms with E-state index in [1.807, 2.05) is 6.92 Å². The quantitative estimate of drug-likeness (QED) is 0.856. The maximum absolute atomic E-state index is 13.0. The monoisotopic (exact) mass is 328 g/mol. The van der Waals surface area contributed by atoms with Crippen LogP contribution in [0.3, 0.4) is 0 Å². The average Bonchev–Trinajstić information content (AvgIpc) is 2.91. The number of alkyl halides is 3. The Morgan fingerprint density at radius 1 is 1.48 bits per heavy atom. The molecule has 4 nitrogen and oxygen atoms in total. The molecule has 2 fully saturated rings. The van der Waals surface area contributed by atoms with Gasteiger partial charge in [0, 0.05) is 25.9 Å². The van der Waals surface area contributed by atoms with Gasteiger partial charge in [-0.25, -0.2) is 0 Å². The Morgan fingerprint density at radius 3 is 2.87 bits per heavy atom. The molecule has 2 heterocycles. The highest BCUT2D eigenvalue weighted by Crippen LogP contribution is 2.49. The lowest BCUT2D eigenvalue weighted by molar-refractivity contribution is -0.141. The van der Waals surface area contributed by atoms with E-state index in [-0.39, 0.29) is 17.1 Å². The molecule has 7 heteroatoms. The third-order valence-electron chi connectivity index (χ3n) is 4.76. The molecule has 1 spiro atoms. The number of rotatable bonds is 3. The van der Waals surface area contributed by atoms with Gasteiger partial charge in [0.2, 0.25) is 0 Å². The molecule has 1 saturated carbocycles. The van der Waals surface area contributed by atoms with Gasteiger partial charge in [-0.1, -0.05) is 0 Å². The van der Waals surface area contributed by atoms with Gasteiger partial charge in [0.05, 0.1) is 11.7 Å². The zero-order valence-electron chi connectivity index (χ0n) is 12.9. The van der Waals surface area contributed by atoms with Crippen LogP contribution in [-0.2, 0) is 10.9 Å². The number of pyridine rings is 1. The van der Waals surface area contributed by atoms with Crippen LogP contribution in [0.1, 0.15) is 42.2 Å². The standard InChI is InChI=1S/C16H19F3N2O2/c1-2-23-11-8-15(9-11)5-7-21(10-15)14(22)12-4-3-6-20-13(12)16(17,18)19/h3-4,6,11H,2,5,7-10H2,1H3. The van der Waals surface area contributed by atoms with E-state index >= 15 is 0 Å². The number of amides is 1. The summed E-state index contributed by atoms with van der Waals surface area (Å²) in [5.41, 5.74) is -1.44. The first-order valence-corrected chi connectivity index (χ1v) is 7.78. The van der Waals surface area contributed by atoms with Crippen LogP contribution in [0, 0.1) is 5.41 Å². The lowest BCUT2D eigenvalue weighted by Gasteiger charge is -2.44. The number of likely N-dealkylation sites (tertiary alicyclic amines) is 1. The summed E-state index contributed by atoms with van der Waals surface area (Å²) in [7, 11) is 0. The summed E-state index contributed by atoms with van der Waals surface area (Å²) in [6.07, 6.45) is -0.763. The van der Waals surface area contributed by atoms with Crippen LogP contribution in [0.15, 0.2) is 18.3 Å². The van der Waals surface area contributed by atoms with Crippen molar-refractivity contribution in [3.05, 3.63) is 29.6 Å². The molecular weight excluding hydrogens is 309 g/mol. The van der Waals surface area contributed by atoms with Gasteiger partial charge in [-0.2, -0.15) is 13.2 Å². The van der Waals surface area contributed by atoms with Gasteiger partial charge in [-0.15, -0.1) is 0 Å². The highest BCUT2D eigenvalue weighted by atomic mass is 19.4. The van der Waals surface area contributed by atoms with Gasteiger partial charge in [-0.3, -0.25) is 9.78 Å². The summed E-state index contributed by atoms with van der Waals surface area (Å²) in [5, 5.41) is 0. The third kappa shape index (κ3) is 3.06. The lowest BCUT2D eigenvalue weighted by Crippen LogP contribution is -2.45. The number of carbonyl (C=O) groups excluding carboxylic acids is 1. The van der Waals surface area contributed by atoms with E-state index < -0.39 is 17.8 Å². The zero-order valence-corrected chi connectivity index (χ0v) is 12.9. The first kappa shape index (κ1) is 16.2. The Balaban J connectivity index is 1.71. The van der Waals surface area contributed by atoms with Crippen molar-refractivity contribution >= 4 is 5.91 Å². The normalized spacial score (nSPS) is 27.3. The van der Waals surface area contributed by atoms with Crippen LogP contribution < -0.4 is 0 Å². The second-order valence-corrected chi connectivity index (χ2v) is 6.36. The lowest BCUT2D eigenvalue weighted by atomic mass is 9.66. The average molecular weight is 328 g/mol. The van der Waals surface area contributed by atoms with Gasteiger partial charge in [0.1, 0.15) is 0 Å². The molecule has 0 bridgehead atoms. The van der Waals surface area contributed by atoms with Crippen molar-refractivity contribution in [3.63, 3.8) is 0 Å². The molecule has 23 heavy (non-hydrogen) atoms. The highest BCUT2D eigenvalue weighted by Gasteiger charge is 2.50. The third-order valence-corrected chi connectivity index (χ3v) is 4.76. The van der Waals surface area contributed by atoms with Gasteiger partial charge < -0.3 is 9.64 Å². The molecule has 0 N–H and O–H groups in total. The maximum Gasteiger partial charge on any atom is 0.434 e. The fourth-order valence-electron chi connectivity index (χ4n) is 3.68. The Hall–Kier alpha value is -1.63. The number of hydrogen-bond acceptors (Lipinski definition) is 3. The van der Waals surface area contributed by atoms with E-state index in [1.54, 1.807) is 0 Å². The molecule has 2 aliphatic rings. The number of aromatic nitrogens is 1. The van der Waals surface area contributed by atoms with Crippen molar-refractivity contribution in [1.82, 2.24) is 9.88 Å². The minimum atomic E-state index is -4.62. The van der Waals surface area contributed by atoms with Gasteiger partial charge >= 0.3 is 6.18 Å². The first-order chi connectivity index (χ1) is 10.8. The van der Waals surface area contributed by atoms with Crippen LogP contribution in [0.2, 0.25) is 0 Å². The fraction of sp³-hybridized carbons (Fsp3) is 0.625. The molecule has 0 atom stereocenters. The van der Waals surface area contributed by atoms with E-state index in [1.165, 1.54) is 17.0 Å². The molecule has 0 radical (unpaired) electrons. The topological polar surface area (TPSA) is 42.4 Å². The van der Waals surface area contributed by atoms with E-state index in [0.717, 1.165) is 25.5 Å². The van der Waals surface area contributed by atoms with Gasteiger partial charge in [-0.05, 0) is 43.7 Å². The molecule has 126 valence electrons. The summed E-state index contributed by atoms with van der Waals surface area (Å²) in [6, 6.07) is 2.57. The number of hydrogen-bond donors (Lipinski definition) is 0. The Labute approximate surface area is 132 Å². The SMILES string of the molecule is CCOC1CC2(CCN(C(=O)c3cccnc3C(F)(F)F)C2)C1. The number of halogens is 3.